The summed E-state index contributed by atoms with van der Waals surface area (Å²) in [6.45, 7) is 1.98. The number of hydrogen-bond donors (Lipinski definition) is 3. The molecule has 4 aromatic rings. The molecule has 0 unspecified atom stereocenters. The molecule has 0 saturated carbocycles. The first-order valence-electron chi connectivity index (χ1n) is 11.2. The summed E-state index contributed by atoms with van der Waals surface area (Å²) in [7, 11) is 1.95. The fourth-order valence-corrected chi connectivity index (χ4v) is 3.31. The molecule has 0 aliphatic rings. The van der Waals surface area contributed by atoms with Crippen molar-refractivity contribution in [3.63, 3.8) is 0 Å². The molecule has 39 heavy (non-hydrogen) atoms. The summed E-state index contributed by atoms with van der Waals surface area (Å²) in [5.74, 6) is 4.96. The lowest BCUT2D eigenvalue weighted by Crippen LogP contribution is -2.30. The number of aryl methyl sites for hydroxylation is 2. The number of nitro benzene ring substituents is 2. The monoisotopic (exact) mass is 557 g/mol. The van der Waals surface area contributed by atoms with Crippen molar-refractivity contribution in [1.29, 1.82) is 0 Å². The van der Waals surface area contributed by atoms with Crippen LogP contribution in [-0.2, 0) is 12.0 Å². The Hall–Kier alpha value is -4.53. The lowest BCUT2D eigenvalue weighted by atomic mass is 10.1. The molecule has 0 radical (unpaired) electrons. The second kappa shape index (κ2) is 15.0. The molecule has 0 bridgehead atoms. The van der Waals surface area contributed by atoms with Crippen LogP contribution in [-0.4, -0.2) is 16.5 Å². The second-order valence-electron chi connectivity index (χ2n) is 7.76. The van der Waals surface area contributed by atoms with E-state index in [2.05, 4.69) is 21.3 Å². The lowest BCUT2D eigenvalue weighted by Gasteiger charge is -2.03. The van der Waals surface area contributed by atoms with Gasteiger partial charge in [0, 0.05) is 54.2 Å². The van der Waals surface area contributed by atoms with Gasteiger partial charge in [-0.2, -0.15) is 10.5 Å². The van der Waals surface area contributed by atoms with Crippen molar-refractivity contribution in [2.45, 2.75) is 6.92 Å². The van der Waals surface area contributed by atoms with E-state index < -0.39 is 9.85 Å². The third kappa shape index (κ3) is 9.07. The predicted molar refractivity (Wildman–Crippen MR) is 143 cm³/mol. The van der Waals surface area contributed by atoms with Crippen LogP contribution in [0.2, 0.25) is 5.02 Å². The zero-order valence-electron chi connectivity index (χ0n) is 21.1. The van der Waals surface area contributed by atoms with Crippen LogP contribution in [0.4, 0.5) is 11.4 Å². The molecule has 0 atom stereocenters. The van der Waals surface area contributed by atoms with Gasteiger partial charge in [0.15, 0.2) is 30.5 Å². The molecule has 2 aromatic carbocycles. The van der Waals surface area contributed by atoms with Crippen LogP contribution in [0.3, 0.4) is 0 Å². The Morgan fingerprint density at radius 2 is 1.44 bits per heavy atom. The van der Waals surface area contributed by atoms with Gasteiger partial charge in [0.05, 0.1) is 15.9 Å². The normalized spacial score (nSPS) is 9.90. The summed E-state index contributed by atoms with van der Waals surface area (Å²) in [4.78, 5) is 29.3. The van der Waals surface area contributed by atoms with Gasteiger partial charge in [-0.1, -0.05) is 16.6 Å². The molecule has 13 nitrogen and oxygen atoms in total. The number of benzene rings is 2. The summed E-state index contributed by atoms with van der Waals surface area (Å²) in [6.07, 6.45) is 7.45. The number of non-ortho nitro benzene ring substituents is 1. The molecule has 0 spiro atoms. The van der Waals surface area contributed by atoms with Crippen LogP contribution >= 0.6 is 11.6 Å². The van der Waals surface area contributed by atoms with E-state index in [0.717, 1.165) is 16.7 Å². The Morgan fingerprint density at radius 1 is 0.872 bits per heavy atom. The van der Waals surface area contributed by atoms with Crippen LogP contribution < -0.4 is 31.4 Å². The Bertz CT molecular complexity index is 1400. The molecule has 14 heteroatoms. The Kier molecular flexibility index (Phi) is 11.8. The first-order chi connectivity index (χ1) is 18.6. The van der Waals surface area contributed by atoms with Gasteiger partial charge in [-0.25, -0.2) is 4.57 Å². The minimum Gasteiger partial charge on any atom is -0.319 e. The van der Waals surface area contributed by atoms with Crippen LogP contribution in [0.15, 0.2) is 85.5 Å². The molecule has 0 saturated heterocycles. The van der Waals surface area contributed by atoms with Crippen molar-refractivity contribution in [3.05, 3.63) is 116 Å². The van der Waals surface area contributed by atoms with E-state index in [1.807, 2.05) is 48.3 Å². The average Bonchev–Trinajstić information content (AvgIpc) is 2.92. The van der Waals surface area contributed by atoms with Crippen molar-refractivity contribution in [3.8, 4) is 22.6 Å². The summed E-state index contributed by atoms with van der Waals surface area (Å²) in [5, 5.41) is 22.1. The van der Waals surface area contributed by atoms with Gasteiger partial charge in [0.1, 0.15) is 7.05 Å². The van der Waals surface area contributed by atoms with Gasteiger partial charge in [-0.05, 0) is 35.7 Å². The molecule has 6 N–H and O–H groups in total. The molecule has 0 aliphatic carbocycles. The number of nitrogens with zero attached hydrogens (tertiary/aromatic N) is 4. The van der Waals surface area contributed by atoms with Crippen LogP contribution in [0.5, 0.6) is 5.75 Å². The smallest absolute Gasteiger partial charge is 0.319 e. The summed E-state index contributed by atoms with van der Waals surface area (Å²) in [5.41, 5.74) is 12.4. The first-order valence-corrected chi connectivity index (χ1v) is 11.6. The highest BCUT2D eigenvalue weighted by Crippen LogP contribution is 2.25. The van der Waals surface area contributed by atoms with Crippen LogP contribution in [0.25, 0.3) is 16.8 Å². The number of hydrogen-bond acceptors (Lipinski definition) is 9. The molecule has 2 heterocycles. The maximum absolute atomic E-state index is 11.3. The topological polar surface area (TPSA) is 191 Å². The van der Waals surface area contributed by atoms with Gasteiger partial charge in [0.25, 0.3) is 11.4 Å². The zero-order chi connectivity index (χ0) is 28.9. The van der Waals surface area contributed by atoms with Gasteiger partial charge in [0.2, 0.25) is 0 Å². The third-order valence-electron chi connectivity index (χ3n) is 5.06. The van der Waals surface area contributed by atoms with Crippen molar-refractivity contribution in [1.82, 2.24) is 0 Å². The van der Waals surface area contributed by atoms with E-state index in [0.29, 0.717) is 10.7 Å². The Balaban J connectivity index is 0.000000317. The van der Waals surface area contributed by atoms with Crippen molar-refractivity contribution in [2.24, 2.45) is 24.4 Å². The molecule has 0 aliphatic heterocycles. The summed E-state index contributed by atoms with van der Waals surface area (Å²) < 4.78 is 3.61. The van der Waals surface area contributed by atoms with E-state index in [4.69, 9.17) is 17.5 Å². The third-order valence-corrected chi connectivity index (χ3v) is 5.48. The quantitative estimate of drug-likeness (QED) is 0.105. The minimum absolute atomic E-state index is 0.0758. The highest BCUT2D eigenvalue weighted by molar-refractivity contribution is 6.31. The Labute approximate surface area is 228 Å². The van der Waals surface area contributed by atoms with Gasteiger partial charge >= 0.3 is 5.69 Å². The Morgan fingerprint density at radius 3 is 1.92 bits per heavy atom. The van der Waals surface area contributed by atoms with Crippen LogP contribution in [0, 0.1) is 27.2 Å². The number of nitro groups is 2. The zero-order valence-corrected chi connectivity index (χ0v) is 21.9. The van der Waals surface area contributed by atoms with E-state index in [1.165, 1.54) is 30.3 Å². The second-order valence-corrected chi connectivity index (χ2v) is 8.17. The molecule has 204 valence electrons. The summed E-state index contributed by atoms with van der Waals surface area (Å²) in [6, 6.07) is 16.5. The first kappa shape index (κ1) is 30.7. The van der Waals surface area contributed by atoms with E-state index >= 15 is 0 Å². The van der Waals surface area contributed by atoms with Crippen LogP contribution in [0.1, 0.15) is 5.56 Å². The maximum Gasteiger partial charge on any atom is 0.344 e. The lowest BCUT2D eigenvalue weighted by molar-refractivity contribution is -0.671. The fraction of sp³-hybridized carbons (Fsp3) is 0.120. The van der Waals surface area contributed by atoms with E-state index in [9.17, 15) is 20.2 Å². The van der Waals surface area contributed by atoms with E-state index in [-0.39, 0.29) is 23.8 Å². The molecular weight excluding hydrogens is 530 g/mol. The molecule has 4 rings (SSSR count). The van der Waals surface area contributed by atoms with Crippen molar-refractivity contribution < 1.29 is 28.9 Å². The summed E-state index contributed by atoms with van der Waals surface area (Å²) >= 11 is 5.66. The highest BCUT2D eigenvalue weighted by Gasteiger charge is 2.23. The van der Waals surface area contributed by atoms with Gasteiger partial charge in [-0.3, -0.25) is 20.2 Å². The standard InChI is InChI=1S/C17H16N4O4.C7H6ClNO2.CH6N2/c1-19-8-4-13(5-9-19)14-6-10-20(11-7-14)16-3-2-15(24-25-18)12-17(16)21(22)23;1-5-4-6(9(10)11)2-3-7(5)8;2-1-3/h2-12H,18H2,1H3;2-4H,1H3;1-3H2/q+2;;. The molecule has 0 fully saturated rings. The number of rotatable bonds is 6. The number of nitrogens with two attached hydrogens (primary N) is 3. The van der Waals surface area contributed by atoms with Crippen molar-refractivity contribution >= 4 is 23.0 Å². The van der Waals surface area contributed by atoms with Gasteiger partial charge < -0.3 is 16.4 Å². The average molecular weight is 558 g/mol. The SMILES string of the molecule is C[n+]1ccc(-c2cc[n+](-c3ccc(OON)cc3[N+](=O)[O-])cc2)cc1.Cc1cc([N+](=O)[O-])ccc1Cl.NCN. The number of aromatic nitrogens is 2. The maximum atomic E-state index is 11.3. The fourth-order valence-electron chi connectivity index (χ4n) is 3.19. The molecule has 2 aromatic heterocycles. The number of pyridine rings is 2. The predicted octanol–water partition coefficient (Wildman–Crippen LogP) is 2.97. The van der Waals surface area contributed by atoms with E-state index in [1.54, 1.807) is 30.0 Å². The van der Waals surface area contributed by atoms with Crippen molar-refractivity contribution in [2.75, 3.05) is 6.67 Å². The number of halogens is 1. The minimum atomic E-state index is -0.489. The molecular formula is C25H28ClN7O6+2. The highest BCUT2D eigenvalue weighted by atomic mass is 35.5. The van der Waals surface area contributed by atoms with Gasteiger partial charge in [-0.15, -0.1) is 0 Å². The largest absolute Gasteiger partial charge is 0.344 e. The molecule has 0 amide bonds.